The number of hydrogen-bond donors (Lipinski definition) is 1. The van der Waals surface area contributed by atoms with Gasteiger partial charge in [-0.05, 0) is 12.1 Å². The first-order valence-corrected chi connectivity index (χ1v) is 6.36. The number of nitriles is 1. The molecule has 1 atom stereocenters. The first-order chi connectivity index (χ1) is 10.2. The van der Waals surface area contributed by atoms with Crippen molar-refractivity contribution in [2.75, 3.05) is 11.9 Å². The van der Waals surface area contributed by atoms with Crippen LogP contribution < -0.4 is 10.1 Å². The molecule has 2 aromatic carbocycles. The van der Waals surface area contributed by atoms with E-state index >= 15 is 0 Å². The fourth-order valence-electron chi connectivity index (χ4n) is 2.33. The first kappa shape index (κ1) is 12.9. The maximum atomic E-state index is 10.7. The third kappa shape index (κ3) is 2.37. The zero-order valence-corrected chi connectivity index (χ0v) is 10.9. The lowest BCUT2D eigenvalue weighted by Gasteiger charge is -2.14. The molecule has 1 heterocycles. The van der Waals surface area contributed by atoms with E-state index in [0.29, 0.717) is 12.3 Å². The fraction of sp³-hybridized carbons (Fsp3) is 0.133. The van der Waals surface area contributed by atoms with Crippen LogP contribution in [0, 0.1) is 21.4 Å². The Morgan fingerprint density at radius 1 is 1.33 bits per heavy atom. The summed E-state index contributed by atoms with van der Waals surface area (Å²) in [4.78, 5) is 10.2. The van der Waals surface area contributed by atoms with E-state index in [1.165, 1.54) is 12.1 Å². The Hall–Kier alpha value is -3.07. The molecular formula is C15H11N3O3. The van der Waals surface area contributed by atoms with E-state index in [4.69, 9.17) is 10.00 Å². The number of anilines is 1. The van der Waals surface area contributed by atoms with Crippen molar-refractivity contribution < 1.29 is 9.66 Å². The van der Waals surface area contributed by atoms with Gasteiger partial charge in [0.15, 0.2) is 0 Å². The lowest BCUT2D eigenvalue weighted by atomic mass is 10.1. The fourth-order valence-corrected chi connectivity index (χ4v) is 2.33. The molecule has 1 aliphatic rings. The molecule has 6 heteroatoms. The molecule has 0 saturated carbocycles. The molecule has 104 valence electrons. The van der Waals surface area contributed by atoms with Gasteiger partial charge in [-0.2, -0.15) is 5.26 Å². The second-order valence-electron chi connectivity index (χ2n) is 4.64. The number of para-hydroxylation sites is 1. The van der Waals surface area contributed by atoms with Crippen LogP contribution in [-0.2, 0) is 0 Å². The average Bonchev–Trinajstić information content (AvgIpc) is 2.91. The molecule has 1 unspecified atom stereocenters. The van der Waals surface area contributed by atoms with E-state index in [-0.39, 0.29) is 17.3 Å². The molecular weight excluding hydrogens is 270 g/mol. The third-order valence-electron chi connectivity index (χ3n) is 3.36. The third-order valence-corrected chi connectivity index (χ3v) is 3.36. The molecule has 1 N–H and O–H groups in total. The van der Waals surface area contributed by atoms with Crippen molar-refractivity contribution in [3.05, 3.63) is 63.7 Å². The maximum Gasteiger partial charge on any atom is 0.270 e. The summed E-state index contributed by atoms with van der Waals surface area (Å²) < 4.78 is 5.57. The number of nitro benzene ring substituents is 1. The van der Waals surface area contributed by atoms with Crippen LogP contribution in [-0.4, -0.2) is 11.5 Å². The lowest BCUT2D eigenvalue weighted by Crippen LogP contribution is -2.12. The Labute approximate surface area is 120 Å². The van der Waals surface area contributed by atoms with Crippen LogP contribution in [0.5, 0.6) is 5.75 Å². The van der Waals surface area contributed by atoms with Crippen molar-refractivity contribution in [1.82, 2.24) is 0 Å². The minimum Gasteiger partial charge on any atom is -0.491 e. The summed E-state index contributed by atoms with van der Waals surface area (Å²) in [5.74, 6) is 0.815. The van der Waals surface area contributed by atoms with E-state index < -0.39 is 4.92 Å². The Kier molecular flexibility index (Phi) is 3.16. The Morgan fingerprint density at radius 2 is 2.14 bits per heavy atom. The molecule has 0 fully saturated rings. The molecule has 2 aromatic rings. The minimum absolute atomic E-state index is 0.0743. The number of nitrogens with one attached hydrogen (secondary N) is 1. The van der Waals surface area contributed by atoms with E-state index in [1.807, 2.05) is 30.3 Å². The normalized spacial score (nSPS) is 15.7. The number of benzene rings is 2. The predicted molar refractivity (Wildman–Crippen MR) is 76.1 cm³/mol. The smallest absolute Gasteiger partial charge is 0.270 e. The molecule has 0 aromatic heterocycles. The highest BCUT2D eigenvalue weighted by Gasteiger charge is 2.24. The van der Waals surface area contributed by atoms with Gasteiger partial charge in [-0.1, -0.05) is 18.2 Å². The predicted octanol–water partition coefficient (Wildman–Crippen LogP) is 3.01. The number of fused-ring (bicyclic) bond motifs is 1. The molecule has 0 saturated heterocycles. The highest BCUT2D eigenvalue weighted by molar-refractivity contribution is 5.63. The topological polar surface area (TPSA) is 88.2 Å². The quantitative estimate of drug-likeness (QED) is 0.690. The van der Waals surface area contributed by atoms with E-state index in [2.05, 4.69) is 5.32 Å². The van der Waals surface area contributed by atoms with Crippen LogP contribution in [0.1, 0.15) is 17.2 Å². The number of non-ortho nitro benzene ring substituents is 1. The second kappa shape index (κ2) is 5.13. The van der Waals surface area contributed by atoms with Gasteiger partial charge in [0.05, 0.1) is 22.2 Å². The molecule has 3 rings (SSSR count). The number of hydrogen-bond acceptors (Lipinski definition) is 5. The van der Waals surface area contributed by atoms with Crippen molar-refractivity contribution >= 4 is 11.4 Å². The van der Waals surface area contributed by atoms with Crippen LogP contribution in [0.15, 0.2) is 42.5 Å². The van der Waals surface area contributed by atoms with E-state index in [9.17, 15) is 10.1 Å². The summed E-state index contributed by atoms with van der Waals surface area (Å²) >= 11 is 0. The number of nitrogens with zero attached hydrogens (tertiary/aromatic N) is 2. The van der Waals surface area contributed by atoms with Gasteiger partial charge in [-0.3, -0.25) is 10.1 Å². The van der Waals surface area contributed by atoms with Crippen LogP contribution in [0.2, 0.25) is 0 Å². The molecule has 6 nitrogen and oxygen atoms in total. The van der Waals surface area contributed by atoms with Crippen LogP contribution in [0.3, 0.4) is 0 Å². The summed E-state index contributed by atoms with van der Waals surface area (Å²) in [5, 5.41) is 23.1. The van der Waals surface area contributed by atoms with Crippen molar-refractivity contribution in [3.63, 3.8) is 0 Å². The highest BCUT2D eigenvalue weighted by atomic mass is 16.6. The summed E-state index contributed by atoms with van der Waals surface area (Å²) in [6, 6.07) is 13.8. The van der Waals surface area contributed by atoms with Crippen LogP contribution >= 0.6 is 0 Å². The molecule has 1 aliphatic heterocycles. The maximum absolute atomic E-state index is 10.7. The monoisotopic (exact) mass is 281 g/mol. The van der Waals surface area contributed by atoms with Gasteiger partial charge in [0.1, 0.15) is 18.4 Å². The minimum atomic E-state index is -0.515. The van der Waals surface area contributed by atoms with Crippen molar-refractivity contribution in [2.45, 2.75) is 6.04 Å². The van der Waals surface area contributed by atoms with Gasteiger partial charge in [-0.25, -0.2) is 0 Å². The molecule has 0 aliphatic carbocycles. The SMILES string of the molecule is N#Cc1cc([N+](=O)[O-])ccc1NC1COc2ccccc21. The summed E-state index contributed by atoms with van der Waals surface area (Å²) in [6.45, 7) is 0.460. The summed E-state index contributed by atoms with van der Waals surface area (Å²) in [6.07, 6.45) is 0. The molecule has 0 bridgehead atoms. The zero-order chi connectivity index (χ0) is 14.8. The lowest BCUT2D eigenvalue weighted by molar-refractivity contribution is -0.384. The first-order valence-electron chi connectivity index (χ1n) is 6.36. The summed E-state index contributed by atoms with van der Waals surface area (Å²) in [5.41, 5.74) is 1.72. The molecule has 21 heavy (non-hydrogen) atoms. The van der Waals surface area contributed by atoms with Gasteiger partial charge in [-0.15, -0.1) is 0 Å². The standard InChI is InChI=1S/C15H11N3O3/c16-8-10-7-11(18(19)20)5-6-13(10)17-14-9-21-15-4-2-1-3-12(14)15/h1-7,14,17H,9H2. The molecule has 0 amide bonds. The number of ether oxygens (including phenoxy) is 1. The Morgan fingerprint density at radius 3 is 2.90 bits per heavy atom. The van der Waals surface area contributed by atoms with Gasteiger partial charge >= 0.3 is 0 Å². The largest absolute Gasteiger partial charge is 0.491 e. The second-order valence-corrected chi connectivity index (χ2v) is 4.64. The highest BCUT2D eigenvalue weighted by Crippen LogP contribution is 2.35. The van der Waals surface area contributed by atoms with Crippen LogP contribution in [0.4, 0.5) is 11.4 Å². The van der Waals surface area contributed by atoms with Crippen molar-refractivity contribution in [1.29, 1.82) is 5.26 Å². The van der Waals surface area contributed by atoms with Crippen molar-refractivity contribution in [3.8, 4) is 11.8 Å². The van der Waals surface area contributed by atoms with Crippen molar-refractivity contribution in [2.24, 2.45) is 0 Å². The Bertz CT molecular complexity index is 752. The van der Waals surface area contributed by atoms with Gasteiger partial charge in [0, 0.05) is 17.7 Å². The van der Waals surface area contributed by atoms with Gasteiger partial charge in [0.2, 0.25) is 0 Å². The van der Waals surface area contributed by atoms with E-state index in [1.54, 1.807) is 6.07 Å². The summed E-state index contributed by atoms with van der Waals surface area (Å²) in [7, 11) is 0. The van der Waals surface area contributed by atoms with Crippen LogP contribution in [0.25, 0.3) is 0 Å². The Balaban J connectivity index is 1.90. The van der Waals surface area contributed by atoms with E-state index in [0.717, 1.165) is 11.3 Å². The number of nitro groups is 1. The average molecular weight is 281 g/mol. The zero-order valence-electron chi connectivity index (χ0n) is 10.9. The van der Waals surface area contributed by atoms with Gasteiger partial charge in [0.25, 0.3) is 5.69 Å². The number of rotatable bonds is 3. The molecule has 0 radical (unpaired) electrons. The molecule has 0 spiro atoms. The van der Waals surface area contributed by atoms with Gasteiger partial charge < -0.3 is 10.1 Å².